The lowest BCUT2D eigenvalue weighted by atomic mass is 9.95. The van der Waals surface area contributed by atoms with Crippen molar-refractivity contribution in [2.75, 3.05) is 38.1 Å². The number of hydrogen-bond acceptors (Lipinski definition) is 5. The minimum absolute atomic E-state index is 0.122. The van der Waals surface area contributed by atoms with E-state index in [-0.39, 0.29) is 5.92 Å². The van der Waals surface area contributed by atoms with Gasteiger partial charge in [0, 0.05) is 38.6 Å². The number of hydrogen-bond donors (Lipinski definition) is 1. The summed E-state index contributed by atoms with van der Waals surface area (Å²) in [6, 6.07) is 8.85. The molecule has 0 spiro atoms. The highest BCUT2D eigenvalue weighted by Gasteiger charge is 2.32. The van der Waals surface area contributed by atoms with Crippen molar-refractivity contribution >= 4 is 23.0 Å². The molecule has 1 N–H and O–H groups in total. The van der Waals surface area contributed by atoms with Crippen molar-refractivity contribution in [2.45, 2.75) is 25.3 Å². The van der Waals surface area contributed by atoms with E-state index in [9.17, 15) is 4.79 Å². The van der Waals surface area contributed by atoms with Crippen molar-refractivity contribution in [3.8, 4) is 0 Å². The van der Waals surface area contributed by atoms with Gasteiger partial charge < -0.3 is 19.5 Å². The van der Waals surface area contributed by atoms with E-state index >= 15 is 0 Å². The molecule has 1 aromatic carbocycles. The first-order valence-corrected chi connectivity index (χ1v) is 8.80. The maximum atomic E-state index is 12.7. The number of nitrogens with zero attached hydrogens (tertiary/aromatic N) is 3. The molecule has 1 aromatic heterocycles. The molecule has 0 radical (unpaired) electrons. The number of benzene rings is 1. The topological polar surface area (TPSA) is 61.6 Å². The van der Waals surface area contributed by atoms with Crippen LogP contribution in [-0.4, -0.2) is 55.1 Å². The number of para-hydroxylation sites is 2. The van der Waals surface area contributed by atoms with Crippen molar-refractivity contribution in [3.05, 3.63) is 24.3 Å². The Morgan fingerprint density at radius 3 is 2.79 bits per heavy atom. The SMILES string of the molecule is CN(C(=O)C1CCN(c2nc3ccccc3o2)CC1)C1CCNC1. The zero-order chi connectivity index (χ0) is 16.5. The molecule has 2 aromatic rings. The summed E-state index contributed by atoms with van der Waals surface area (Å²) < 4.78 is 5.84. The Labute approximate surface area is 141 Å². The molecule has 128 valence electrons. The number of fused-ring (bicyclic) bond motifs is 1. The number of nitrogens with one attached hydrogen (secondary N) is 1. The van der Waals surface area contributed by atoms with E-state index in [0.717, 1.165) is 56.5 Å². The second-order valence-corrected chi connectivity index (χ2v) is 6.82. The molecule has 3 heterocycles. The number of piperidine rings is 1. The normalized spacial score (nSPS) is 22.2. The van der Waals surface area contributed by atoms with Gasteiger partial charge in [0.2, 0.25) is 5.91 Å². The van der Waals surface area contributed by atoms with Crippen LogP contribution in [0.1, 0.15) is 19.3 Å². The van der Waals surface area contributed by atoms with Crippen molar-refractivity contribution in [2.24, 2.45) is 5.92 Å². The Balaban J connectivity index is 1.38. The summed E-state index contributed by atoms with van der Waals surface area (Å²) in [5.41, 5.74) is 1.71. The molecule has 24 heavy (non-hydrogen) atoms. The van der Waals surface area contributed by atoms with E-state index in [1.54, 1.807) is 0 Å². The van der Waals surface area contributed by atoms with Gasteiger partial charge in [-0.2, -0.15) is 4.98 Å². The lowest BCUT2D eigenvalue weighted by Gasteiger charge is -2.34. The van der Waals surface area contributed by atoms with Crippen molar-refractivity contribution in [3.63, 3.8) is 0 Å². The Morgan fingerprint density at radius 1 is 1.29 bits per heavy atom. The first-order valence-electron chi connectivity index (χ1n) is 8.80. The summed E-state index contributed by atoms with van der Waals surface area (Å²) in [7, 11) is 1.95. The number of carbonyl (C=O) groups excluding carboxylic acids is 1. The molecular weight excluding hydrogens is 304 g/mol. The summed E-state index contributed by atoms with van der Waals surface area (Å²) >= 11 is 0. The molecule has 2 saturated heterocycles. The first-order chi connectivity index (χ1) is 11.7. The highest BCUT2D eigenvalue weighted by atomic mass is 16.4. The molecule has 2 aliphatic heterocycles. The summed E-state index contributed by atoms with van der Waals surface area (Å²) in [5, 5.41) is 3.33. The predicted octanol–water partition coefficient (Wildman–Crippen LogP) is 1.86. The predicted molar refractivity (Wildman–Crippen MR) is 93.0 cm³/mol. The van der Waals surface area contributed by atoms with E-state index in [1.807, 2.05) is 36.2 Å². The van der Waals surface area contributed by atoms with E-state index in [0.29, 0.717) is 18.0 Å². The number of likely N-dealkylation sites (N-methyl/N-ethyl adjacent to an activating group) is 1. The third kappa shape index (κ3) is 2.86. The van der Waals surface area contributed by atoms with Crippen LogP contribution in [0, 0.1) is 5.92 Å². The van der Waals surface area contributed by atoms with Gasteiger partial charge in [-0.3, -0.25) is 4.79 Å². The van der Waals surface area contributed by atoms with Crippen LogP contribution in [0.25, 0.3) is 11.1 Å². The summed E-state index contributed by atoms with van der Waals surface area (Å²) in [6.45, 7) is 3.57. The van der Waals surface area contributed by atoms with Crippen LogP contribution >= 0.6 is 0 Å². The zero-order valence-corrected chi connectivity index (χ0v) is 14.1. The quantitative estimate of drug-likeness (QED) is 0.932. The van der Waals surface area contributed by atoms with Gasteiger partial charge in [-0.25, -0.2) is 0 Å². The van der Waals surface area contributed by atoms with Gasteiger partial charge in [-0.1, -0.05) is 12.1 Å². The Hall–Kier alpha value is -2.08. The summed E-state index contributed by atoms with van der Waals surface area (Å²) in [6.07, 6.45) is 2.79. The fourth-order valence-corrected chi connectivity index (χ4v) is 3.75. The molecule has 2 fully saturated rings. The largest absolute Gasteiger partial charge is 0.423 e. The van der Waals surface area contributed by atoms with E-state index in [1.165, 1.54) is 0 Å². The molecule has 0 saturated carbocycles. The molecule has 4 rings (SSSR count). The van der Waals surface area contributed by atoms with Crippen LogP contribution in [-0.2, 0) is 4.79 Å². The Kier molecular flexibility index (Phi) is 4.14. The van der Waals surface area contributed by atoms with Gasteiger partial charge in [0.1, 0.15) is 5.52 Å². The number of anilines is 1. The van der Waals surface area contributed by atoms with Crippen LogP contribution in [0.5, 0.6) is 0 Å². The minimum atomic E-state index is 0.122. The van der Waals surface area contributed by atoms with Gasteiger partial charge in [0.25, 0.3) is 6.01 Å². The molecule has 6 nitrogen and oxygen atoms in total. The molecule has 1 atom stereocenters. The third-order valence-corrected chi connectivity index (χ3v) is 5.33. The Morgan fingerprint density at radius 2 is 2.08 bits per heavy atom. The maximum Gasteiger partial charge on any atom is 0.298 e. The number of oxazole rings is 1. The summed E-state index contributed by atoms with van der Waals surface area (Å²) in [4.78, 5) is 21.4. The molecule has 0 aliphatic carbocycles. The molecule has 6 heteroatoms. The molecule has 2 aliphatic rings. The van der Waals surface area contributed by atoms with Crippen LogP contribution in [0.3, 0.4) is 0 Å². The van der Waals surface area contributed by atoms with Crippen LogP contribution in [0.4, 0.5) is 6.01 Å². The van der Waals surface area contributed by atoms with Gasteiger partial charge >= 0.3 is 0 Å². The van der Waals surface area contributed by atoms with E-state index in [4.69, 9.17) is 4.42 Å². The highest BCUT2D eigenvalue weighted by molar-refractivity contribution is 5.79. The van der Waals surface area contributed by atoms with Gasteiger partial charge in [0.15, 0.2) is 5.58 Å². The van der Waals surface area contributed by atoms with Gasteiger partial charge in [0.05, 0.1) is 0 Å². The van der Waals surface area contributed by atoms with E-state index in [2.05, 4.69) is 15.2 Å². The maximum absolute atomic E-state index is 12.7. The van der Waals surface area contributed by atoms with Crippen molar-refractivity contribution in [1.29, 1.82) is 0 Å². The third-order valence-electron chi connectivity index (χ3n) is 5.33. The number of aromatic nitrogens is 1. The second-order valence-electron chi connectivity index (χ2n) is 6.82. The van der Waals surface area contributed by atoms with Crippen LogP contribution in [0.2, 0.25) is 0 Å². The fourth-order valence-electron chi connectivity index (χ4n) is 3.75. The summed E-state index contributed by atoms with van der Waals surface area (Å²) in [5.74, 6) is 0.414. The molecule has 1 unspecified atom stereocenters. The minimum Gasteiger partial charge on any atom is -0.423 e. The lowest BCUT2D eigenvalue weighted by molar-refractivity contribution is -0.136. The standard InChI is InChI=1S/C18H24N4O2/c1-21(14-6-9-19-12-14)17(23)13-7-10-22(11-8-13)18-20-15-4-2-3-5-16(15)24-18/h2-5,13-14,19H,6-12H2,1H3. The lowest BCUT2D eigenvalue weighted by Crippen LogP contribution is -2.45. The zero-order valence-electron chi connectivity index (χ0n) is 14.1. The van der Waals surface area contributed by atoms with Crippen molar-refractivity contribution < 1.29 is 9.21 Å². The smallest absolute Gasteiger partial charge is 0.298 e. The monoisotopic (exact) mass is 328 g/mol. The van der Waals surface area contributed by atoms with Crippen LogP contribution < -0.4 is 10.2 Å². The van der Waals surface area contributed by atoms with Crippen molar-refractivity contribution in [1.82, 2.24) is 15.2 Å². The van der Waals surface area contributed by atoms with Gasteiger partial charge in [-0.15, -0.1) is 0 Å². The molecule has 1 amide bonds. The van der Waals surface area contributed by atoms with Gasteiger partial charge in [-0.05, 0) is 37.9 Å². The average molecular weight is 328 g/mol. The average Bonchev–Trinajstić information content (AvgIpc) is 3.30. The number of carbonyl (C=O) groups is 1. The van der Waals surface area contributed by atoms with E-state index < -0.39 is 0 Å². The first kappa shape index (κ1) is 15.4. The fraction of sp³-hybridized carbons (Fsp3) is 0.556. The molecular formula is C18H24N4O2. The molecule has 0 bridgehead atoms. The number of amides is 1. The Bertz CT molecular complexity index is 682. The number of rotatable bonds is 3. The van der Waals surface area contributed by atoms with Crippen LogP contribution in [0.15, 0.2) is 28.7 Å². The second kappa shape index (κ2) is 6.43. The highest BCUT2D eigenvalue weighted by Crippen LogP contribution is 2.27.